The first kappa shape index (κ1) is 23.7. The molecule has 3 unspecified atom stereocenters. The molecule has 1 spiro atoms. The van der Waals surface area contributed by atoms with Crippen molar-refractivity contribution in [1.82, 2.24) is 15.1 Å². The fourth-order valence-corrected chi connectivity index (χ4v) is 6.69. The summed E-state index contributed by atoms with van der Waals surface area (Å²) in [6.45, 7) is 2.23. The maximum absolute atomic E-state index is 13.7. The minimum absolute atomic E-state index is 0.0518. The van der Waals surface area contributed by atoms with Crippen LogP contribution in [0.5, 0.6) is 11.5 Å². The molecule has 1 aliphatic carbocycles. The third-order valence-electron chi connectivity index (χ3n) is 7.80. The van der Waals surface area contributed by atoms with Crippen LogP contribution >= 0.6 is 11.3 Å². The highest BCUT2D eigenvalue weighted by atomic mass is 32.1. The number of rotatable bonds is 5. The average molecular weight is 498 g/mol. The lowest BCUT2D eigenvalue weighted by atomic mass is 9.73. The molecule has 5 rings (SSSR count). The molecule has 186 valence electrons. The number of imide groups is 1. The summed E-state index contributed by atoms with van der Waals surface area (Å²) in [5.41, 5.74) is 1.19. The monoisotopic (exact) mass is 497 g/mol. The van der Waals surface area contributed by atoms with E-state index in [0.717, 1.165) is 40.2 Å². The molecule has 2 aliphatic heterocycles. The molecular formula is C26H31N3O5S. The normalized spacial score (nSPS) is 26.0. The van der Waals surface area contributed by atoms with Crippen molar-refractivity contribution in [3.8, 4) is 11.5 Å². The molecule has 1 saturated heterocycles. The summed E-state index contributed by atoms with van der Waals surface area (Å²) in [7, 11) is 3.20. The number of methoxy groups -OCH3 is 2. The number of hydrogen-bond acceptors (Lipinski definition) is 6. The average Bonchev–Trinajstić information content (AvgIpc) is 3.47. The zero-order valence-corrected chi connectivity index (χ0v) is 21.2. The largest absolute Gasteiger partial charge is 0.493 e. The van der Waals surface area contributed by atoms with Crippen LogP contribution in [0.2, 0.25) is 0 Å². The molecule has 1 aromatic carbocycles. The summed E-state index contributed by atoms with van der Waals surface area (Å²) in [5.74, 6) is 0.801. The molecule has 8 nitrogen and oxygen atoms in total. The maximum atomic E-state index is 13.7. The summed E-state index contributed by atoms with van der Waals surface area (Å²) in [6.07, 6.45) is 4.11. The Balaban J connectivity index is 1.45. The van der Waals surface area contributed by atoms with Crippen LogP contribution in [0, 0.1) is 5.92 Å². The first-order valence-corrected chi connectivity index (χ1v) is 13.0. The van der Waals surface area contributed by atoms with Gasteiger partial charge >= 0.3 is 6.03 Å². The number of hydrogen-bond donors (Lipinski definition) is 1. The van der Waals surface area contributed by atoms with Gasteiger partial charge < -0.3 is 19.7 Å². The molecule has 9 heteroatoms. The third kappa shape index (κ3) is 3.86. The number of carbonyl (C=O) groups excluding carboxylic acids is 3. The molecule has 0 radical (unpaired) electrons. The second-order valence-corrected chi connectivity index (χ2v) is 10.6. The fraction of sp³-hybridized carbons (Fsp3) is 0.500. The van der Waals surface area contributed by atoms with Gasteiger partial charge in [-0.05, 0) is 59.9 Å². The van der Waals surface area contributed by atoms with Crippen LogP contribution in [0.3, 0.4) is 0 Å². The van der Waals surface area contributed by atoms with Crippen LogP contribution in [0.15, 0.2) is 29.6 Å². The Bertz CT molecular complexity index is 1150. The third-order valence-corrected chi connectivity index (χ3v) is 8.73. The van der Waals surface area contributed by atoms with E-state index < -0.39 is 11.6 Å². The van der Waals surface area contributed by atoms with E-state index in [1.807, 2.05) is 36.6 Å². The van der Waals surface area contributed by atoms with Crippen molar-refractivity contribution in [2.75, 3.05) is 27.3 Å². The molecular weight excluding hydrogens is 466 g/mol. The lowest BCUT2D eigenvalue weighted by Crippen LogP contribution is -2.54. The Kier molecular flexibility index (Phi) is 6.21. The fourth-order valence-electron chi connectivity index (χ4n) is 5.83. The Morgan fingerprint density at radius 3 is 2.66 bits per heavy atom. The molecule has 3 aliphatic rings. The minimum atomic E-state index is -0.874. The molecule has 1 aromatic heterocycles. The van der Waals surface area contributed by atoms with Crippen molar-refractivity contribution in [3.63, 3.8) is 0 Å². The molecule has 3 heterocycles. The second kappa shape index (κ2) is 9.18. The highest BCUT2D eigenvalue weighted by Gasteiger charge is 2.55. The Labute approximate surface area is 209 Å². The van der Waals surface area contributed by atoms with Crippen LogP contribution < -0.4 is 14.8 Å². The number of thiophene rings is 1. The van der Waals surface area contributed by atoms with Gasteiger partial charge in [-0.1, -0.05) is 25.8 Å². The number of carbonyl (C=O) groups is 3. The van der Waals surface area contributed by atoms with Crippen molar-refractivity contribution in [3.05, 3.63) is 45.6 Å². The molecule has 3 atom stereocenters. The molecule has 2 fully saturated rings. The molecule has 1 N–H and O–H groups in total. The van der Waals surface area contributed by atoms with Gasteiger partial charge in [0.15, 0.2) is 11.5 Å². The van der Waals surface area contributed by atoms with Crippen LogP contribution in [0.4, 0.5) is 4.79 Å². The number of ether oxygens (including phenoxy) is 2. The molecule has 2 aromatic rings. The number of benzene rings is 1. The SMILES string of the molecule is COc1cc2c(cc1OC)C(c1cccs1)N(C(=O)CN1C(=O)NC3(CCCCC3C)C1=O)CC2. The van der Waals surface area contributed by atoms with E-state index >= 15 is 0 Å². The van der Waals surface area contributed by atoms with E-state index in [-0.39, 0.29) is 30.3 Å². The maximum Gasteiger partial charge on any atom is 0.325 e. The van der Waals surface area contributed by atoms with E-state index in [0.29, 0.717) is 30.9 Å². The number of nitrogens with zero attached hydrogens (tertiary/aromatic N) is 2. The predicted molar refractivity (Wildman–Crippen MR) is 132 cm³/mol. The second-order valence-electron chi connectivity index (χ2n) is 9.60. The standard InChI is InChI=1S/C26H31N3O5S/c1-16-7-4-5-10-26(16)24(31)29(25(32)27-26)15-22(30)28-11-9-17-13-19(33-2)20(34-3)14-18(17)23(28)21-8-6-12-35-21/h6,8,12-14,16,23H,4-5,7,9-11,15H2,1-3H3,(H,27,32). The quantitative estimate of drug-likeness (QED) is 0.636. The topological polar surface area (TPSA) is 88.2 Å². The lowest BCUT2D eigenvalue weighted by Gasteiger charge is -2.38. The van der Waals surface area contributed by atoms with Crippen molar-refractivity contribution in [1.29, 1.82) is 0 Å². The van der Waals surface area contributed by atoms with Crippen LogP contribution in [-0.2, 0) is 16.0 Å². The van der Waals surface area contributed by atoms with Crippen LogP contribution in [-0.4, -0.2) is 60.5 Å². The van der Waals surface area contributed by atoms with Gasteiger partial charge in [0.25, 0.3) is 5.91 Å². The zero-order valence-electron chi connectivity index (χ0n) is 20.3. The Hall–Kier alpha value is -3.07. The van der Waals surface area contributed by atoms with Gasteiger partial charge in [-0.25, -0.2) is 4.79 Å². The van der Waals surface area contributed by atoms with E-state index in [4.69, 9.17) is 9.47 Å². The molecule has 1 saturated carbocycles. The zero-order chi connectivity index (χ0) is 24.7. The Morgan fingerprint density at radius 1 is 1.20 bits per heavy atom. The first-order valence-electron chi connectivity index (χ1n) is 12.1. The van der Waals surface area contributed by atoms with E-state index in [1.54, 1.807) is 30.5 Å². The summed E-state index contributed by atoms with van der Waals surface area (Å²) in [5, 5.41) is 4.93. The number of fused-ring (bicyclic) bond motifs is 1. The van der Waals surface area contributed by atoms with E-state index in [9.17, 15) is 14.4 Å². The van der Waals surface area contributed by atoms with Gasteiger partial charge in [0.05, 0.1) is 20.3 Å². The smallest absolute Gasteiger partial charge is 0.325 e. The van der Waals surface area contributed by atoms with Gasteiger partial charge in [-0.15, -0.1) is 11.3 Å². The van der Waals surface area contributed by atoms with Crippen molar-refractivity contribution < 1.29 is 23.9 Å². The highest BCUT2D eigenvalue weighted by Crippen LogP contribution is 2.43. The minimum Gasteiger partial charge on any atom is -0.493 e. The molecule has 35 heavy (non-hydrogen) atoms. The summed E-state index contributed by atoms with van der Waals surface area (Å²) < 4.78 is 11.0. The number of urea groups is 1. The van der Waals surface area contributed by atoms with Crippen LogP contribution in [0.1, 0.15) is 54.7 Å². The summed E-state index contributed by atoms with van der Waals surface area (Å²) >= 11 is 1.57. The number of nitrogens with one attached hydrogen (secondary N) is 1. The van der Waals surface area contributed by atoms with Crippen molar-refractivity contribution >= 4 is 29.2 Å². The van der Waals surface area contributed by atoms with Gasteiger partial charge in [-0.2, -0.15) is 0 Å². The molecule has 4 amide bonds. The van der Waals surface area contributed by atoms with E-state index in [2.05, 4.69) is 5.32 Å². The predicted octanol–water partition coefficient (Wildman–Crippen LogP) is 3.74. The van der Waals surface area contributed by atoms with E-state index in [1.165, 1.54) is 0 Å². The van der Waals surface area contributed by atoms with Gasteiger partial charge in [-0.3, -0.25) is 14.5 Å². The highest BCUT2D eigenvalue weighted by molar-refractivity contribution is 7.10. The molecule has 0 bridgehead atoms. The summed E-state index contributed by atoms with van der Waals surface area (Å²) in [4.78, 5) is 43.9. The van der Waals surface area contributed by atoms with Gasteiger partial charge in [0, 0.05) is 11.4 Å². The van der Waals surface area contributed by atoms with Gasteiger partial charge in [0.2, 0.25) is 5.91 Å². The number of amides is 4. The van der Waals surface area contributed by atoms with Gasteiger partial charge in [0.1, 0.15) is 12.1 Å². The lowest BCUT2D eigenvalue weighted by molar-refractivity contribution is -0.141. The van der Waals surface area contributed by atoms with Crippen molar-refractivity contribution in [2.24, 2.45) is 5.92 Å². The first-order chi connectivity index (χ1) is 16.9. The Morgan fingerprint density at radius 2 is 1.97 bits per heavy atom. The summed E-state index contributed by atoms with van der Waals surface area (Å²) in [6, 6.07) is 7.09. The van der Waals surface area contributed by atoms with Crippen molar-refractivity contribution in [2.45, 2.75) is 50.6 Å². The van der Waals surface area contributed by atoms with Crippen LogP contribution in [0.25, 0.3) is 0 Å².